The lowest BCUT2D eigenvalue weighted by Gasteiger charge is -2.48. The van der Waals surface area contributed by atoms with E-state index in [9.17, 15) is 20.4 Å². The highest BCUT2D eigenvalue weighted by molar-refractivity contribution is 6.64. The Hall–Kier alpha value is -3.97. The molecule has 3 aliphatic heterocycles. The Bertz CT molecular complexity index is 1260. The number of fused-ring (bicyclic) bond motifs is 1. The molecule has 1 amide bonds. The number of amides is 1. The summed E-state index contributed by atoms with van der Waals surface area (Å²) in [5.74, 6) is 0.820. The molecule has 2 fully saturated rings. The first kappa shape index (κ1) is 25.7. The molecular formula is C25H29ClN10O2. The van der Waals surface area contributed by atoms with Crippen LogP contribution >= 0.6 is 11.6 Å². The maximum absolute atomic E-state index is 12.7. The van der Waals surface area contributed by atoms with Crippen LogP contribution in [0.1, 0.15) is 33.1 Å². The van der Waals surface area contributed by atoms with Crippen molar-refractivity contribution in [3.8, 4) is 12.3 Å². The van der Waals surface area contributed by atoms with Gasteiger partial charge in [0.15, 0.2) is 23.5 Å². The highest BCUT2D eigenvalue weighted by atomic mass is 35.5. The molecule has 0 aromatic heterocycles. The molecule has 1 saturated heterocycles. The van der Waals surface area contributed by atoms with Gasteiger partial charge in [-0.25, -0.2) is 10.0 Å². The van der Waals surface area contributed by atoms with E-state index in [0.717, 1.165) is 18.5 Å². The molecule has 0 spiro atoms. The van der Waals surface area contributed by atoms with Crippen molar-refractivity contribution in [1.82, 2.24) is 30.1 Å². The molecule has 198 valence electrons. The number of aliphatic hydroxyl groups is 1. The van der Waals surface area contributed by atoms with Crippen molar-refractivity contribution < 1.29 is 9.90 Å². The van der Waals surface area contributed by atoms with E-state index in [1.165, 1.54) is 16.1 Å². The number of nitriles is 2. The van der Waals surface area contributed by atoms with Crippen molar-refractivity contribution in [3.63, 3.8) is 0 Å². The van der Waals surface area contributed by atoms with Crippen LogP contribution in [0.4, 0.5) is 5.69 Å². The first-order valence-corrected chi connectivity index (χ1v) is 12.8. The average molecular weight is 537 g/mol. The quantitative estimate of drug-likeness (QED) is 0.393. The second-order valence-electron chi connectivity index (χ2n) is 10.1. The van der Waals surface area contributed by atoms with Crippen molar-refractivity contribution in [3.05, 3.63) is 53.9 Å². The summed E-state index contributed by atoms with van der Waals surface area (Å²) in [7, 11) is 0. The van der Waals surface area contributed by atoms with Crippen LogP contribution in [-0.4, -0.2) is 79.0 Å². The molecule has 3 heterocycles. The molecule has 1 aromatic rings. The zero-order chi connectivity index (χ0) is 27.0. The molecule has 1 aliphatic carbocycles. The number of para-hydroxylation sites is 1. The van der Waals surface area contributed by atoms with Gasteiger partial charge in [-0.15, -0.1) is 5.10 Å². The van der Waals surface area contributed by atoms with Crippen LogP contribution in [-0.2, 0) is 4.79 Å². The molecule has 1 saturated carbocycles. The van der Waals surface area contributed by atoms with Crippen LogP contribution in [0.3, 0.4) is 0 Å². The van der Waals surface area contributed by atoms with Crippen LogP contribution in [0, 0.1) is 22.8 Å². The maximum Gasteiger partial charge on any atom is 0.244 e. The third-order valence-electron chi connectivity index (χ3n) is 6.47. The number of amidine groups is 1. The molecule has 2 N–H and O–H groups in total. The predicted molar refractivity (Wildman–Crippen MR) is 139 cm³/mol. The molecule has 0 unspecified atom stereocenters. The number of nitrogens with zero attached hydrogens (tertiary/aromatic N) is 9. The van der Waals surface area contributed by atoms with Crippen LogP contribution in [0.5, 0.6) is 0 Å². The predicted octanol–water partition coefficient (Wildman–Crippen LogP) is 1.80. The minimum Gasteiger partial charge on any atom is -0.390 e. The fourth-order valence-corrected chi connectivity index (χ4v) is 4.77. The number of anilines is 1. The fraction of sp³-hybridized carbons (Fsp3) is 0.440. The number of hydrogen-bond acceptors (Lipinski definition) is 11. The van der Waals surface area contributed by atoms with Gasteiger partial charge in [0, 0.05) is 32.2 Å². The standard InChI is InChI=1S/C25H29ClN10O2/c1-25(2,38)14-21(37)31-10-12-33(13-11-31)36(19-6-4-3-5-7-19)35-22(29-18-8-9-18)23-32(17-28)16-20(15-27)34(23)30-24(35)26/h3-7,16,18,29,38H,8-14H2,1-2H3. The number of rotatable bonds is 7. The molecular weight excluding hydrogens is 508 g/mol. The Morgan fingerprint density at radius 3 is 2.47 bits per heavy atom. The average Bonchev–Trinajstić information content (AvgIpc) is 3.64. The van der Waals surface area contributed by atoms with E-state index in [0.29, 0.717) is 37.8 Å². The minimum absolute atomic E-state index is 0.0512. The molecule has 5 rings (SSSR count). The minimum atomic E-state index is -1.08. The van der Waals surface area contributed by atoms with Gasteiger partial charge in [-0.3, -0.25) is 4.79 Å². The van der Waals surface area contributed by atoms with Crippen LogP contribution in [0.25, 0.3) is 0 Å². The summed E-state index contributed by atoms with van der Waals surface area (Å²) in [5.41, 5.74) is -0.0934. The fourth-order valence-electron chi connectivity index (χ4n) is 4.54. The number of carbonyl (C=O) groups is 1. The van der Waals surface area contributed by atoms with Crippen molar-refractivity contribution in [1.29, 1.82) is 10.5 Å². The van der Waals surface area contributed by atoms with E-state index in [-0.39, 0.29) is 29.4 Å². The van der Waals surface area contributed by atoms with Crippen molar-refractivity contribution in [2.75, 3.05) is 31.3 Å². The highest BCUT2D eigenvalue weighted by Crippen LogP contribution is 2.37. The van der Waals surface area contributed by atoms with Gasteiger partial charge in [0.1, 0.15) is 6.07 Å². The van der Waals surface area contributed by atoms with E-state index in [4.69, 9.17) is 11.6 Å². The van der Waals surface area contributed by atoms with E-state index >= 15 is 0 Å². The van der Waals surface area contributed by atoms with E-state index < -0.39 is 5.60 Å². The molecule has 12 nitrogen and oxygen atoms in total. The van der Waals surface area contributed by atoms with E-state index in [1.54, 1.807) is 23.8 Å². The first-order valence-electron chi connectivity index (χ1n) is 12.5. The van der Waals surface area contributed by atoms with E-state index in [2.05, 4.69) is 27.7 Å². The van der Waals surface area contributed by atoms with Gasteiger partial charge in [0.2, 0.25) is 11.2 Å². The molecule has 0 atom stereocenters. The van der Waals surface area contributed by atoms with Crippen LogP contribution in [0.2, 0.25) is 0 Å². The topological polar surface area (TPSA) is 129 Å². The lowest BCUT2D eigenvalue weighted by molar-refractivity contribution is -0.137. The van der Waals surface area contributed by atoms with Crippen molar-refractivity contribution in [2.45, 2.75) is 44.8 Å². The SMILES string of the molecule is CC(C)(O)CC(=O)N1CCN(N(c2ccccc2)N2C(Cl)=NN3C(C#N)=CN(C#N)C3=C2NC2CC2)CC1. The number of hydrazone groups is 1. The zero-order valence-corrected chi connectivity index (χ0v) is 22.0. The summed E-state index contributed by atoms with van der Waals surface area (Å²) < 4.78 is 0. The van der Waals surface area contributed by atoms with Crippen molar-refractivity contribution in [2.24, 2.45) is 5.10 Å². The zero-order valence-electron chi connectivity index (χ0n) is 21.2. The Morgan fingerprint density at radius 1 is 1.21 bits per heavy atom. The summed E-state index contributed by atoms with van der Waals surface area (Å²) in [6.07, 6.45) is 5.53. The Balaban J connectivity index is 1.50. The largest absolute Gasteiger partial charge is 0.390 e. The summed E-state index contributed by atoms with van der Waals surface area (Å²) >= 11 is 6.84. The van der Waals surface area contributed by atoms with Crippen LogP contribution in [0.15, 0.2) is 59.0 Å². The number of nitrogens with one attached hydrogen (secondary N) is 1. The van der Waals surface area contributed by atoms with Gasteiger partial charge >= 0.3 is 0 Å². The van der Waals surface area contributed by atoms with Gasteiger partial charge in [0.25, 0.3) is 0 Å². The van der Waals surface area contributed by atoms with Gasteiger partial charge < -0.3 is 15.3 Å². The van der Waals surface area contributed by atoms with Crippen LogP contribution < -0.4 is 10.4 Å². The summed E-state index contributed by atoms with van der Waals surface area (Å²) in [6.45, 7) is 5.15. The number of hydrazine groups is 2. The normalized spacial score (nSPS) is 19.9. The molecule has 1 aromatic carbocycles. The number of halogens is 1. The Kier molecular flexibility index (Phi) is 6.80. The monoisotopic (exact) mass is 536 g/mol. The first-order chi connectivity index (χ1) is 18.2. The van der Waals surface area contributed by atoms with Gasteiger partial charge in [-0.05, 0) is 50.4 Å². The smallest absolute Gasteiger partial charge is 0.244 e. The number of benzene rings is 1. The molecule has 38 heavy (non-hydrogen) atoms. The Labute approximate surface area is 226 Å². The van der Waals surface area contributed by atoms with E-state index in [1.807, 2.05) is 35.4 Å². The maximum atomic E-state index is 12.7. The number of piperazine rings is 1. The number of hydrogen-bond donors (Lipinski definition) is 2. The van der Waals surface area contributed by atoms with Gasteiger partial charge in [-0.2, -0.15) is 25.6 Å². The lowest BCUT2D eigenvalue weighted by atomic mass is 10.0. The third kappa shape index (κ3) is 5.07. The summed E-state index contributed by atoms with van der Waals surface area (Å²) in [5, 5.41) is 44.7. The molecule has 0 radical (unpaired) electrons. The Morgan fingerprint density at radius 2 is 1.89 bits per heavy atom. The third-order valence-corrected chi connectivity index (χ3v) is 6.70. The molecule has 0 bridgehead atoms. The van der Waals surface area contributed by atoms with Gasteiger partial charge in [0.05, 0.1) is 23.9 Å². The second kappa shape index (κ2) is 10.1. The number of allylic oxidation sites excluding steroid dienone is 1. The molecule has 4 aliphatic rings. The lowest BCUT2D eigenvalue weighted by Crippen LogP contribution is -2.63. The number of carbonyl (C=O) groups excluding carboxylic acids is 1. The highest BCUT2D eigenvalue weighted by Gasteiger charge is 2.43. The second-order valence-corrected chi connectivity index (χ2v) is 10.5. The molecule has 13 heteroatoms. The van der Waals surface area contributed by atoms with Crippen molar-refractivity contribution >= 4 is 28.5 Å². The summed E-state index contributed by atoms with van der Waals surface area (Å²) in [4.78, 5) is 15.8. The summed E-state index contributed by atoms with van der Waals surface area (Å²) in [6, 6.07) is 11.9. The van der Waals surface area contributed by atoms with Gasteiger partial charge in [-0.1, -0.05) is 18.2 Å².